The number of carbonyl (C=O) groups is 13. The predicted molar refractivity (Wildman–Crippen MR) is 266 cm³/mol. The third kappa shape index (κ3) is 27.7. The Morgan fingerprint density at radius 2 is 0.787 bits per heavy atom. The first kappa shape index (κ1) is 66.0. The van der Waals surface area contributed by atoms with E-state index in [9.17, 15) is 77.6 Å². The average Bonchev–Trinajstić information content (AvgIpc) is 3.30. The Morgan fingerprint density at radius 3 is 1.11 bits per heavy atom. The van der Waals surface area contributed by atoms with E-state index in [0.29, 0.717) is 12.8 Å². The molecule has 0 bridgehead atoms. The lowest BCUT2D eigenvalue weighted by Gasteiger charge is -2.32. The van der Waals surface area contributed by atoms with E-state index in [4.69, 9.17) is 5.73 Å². The van der Waals surface area contributed by atoms with Gasteiger partial charge in [0.15, 0.2) is 0 Å². The zero-order valence-electron chi connectivity index (χ0n) is 44.4. The molecule has 1 rings (SSSR count). The van der Waals surface area contributed by atoms with Gasteiger partial charge in [-0.05, 0) is 26.2 Å². The molecule has 0 aromatic heterocycles. The van der Waals surface area contributed by atoms with Crippen LogP contribution in [0.3, 0.4) is 0 Å². The average molecular weight is 1070 g/mol. The number of carbonyl (C=O) groups excluding carboxylic acids is 10. The van der Waals surface area contributed by atoms with Gasteiger partial charge in [-0.25, -0.2) is 0 Å². The summed E-state index contributed by atoms with van der Waals surface area (Å²) in [4.78, 5) is 174. The van der Waals surface area contributed by atoms with Crippen molar-refractivity contribution in [2.45, 2.75) is 45.2 Å². The molecule has 2 atom stereocenters. The molecule has 424 valence electrons. The molecule has 0 saturated carbocycles. The molecule has 10 amide bonds. The lowest BCUT2D eigenvalue weighted by atomic mass is 10.1. The number of hydrogen-bond acceptors (Lipinski definition) is 17. The summed E-state index contributed by atoms with van der Waals surface area (Å²) in [7, 11) is 7.95. The Bertz CT molecular complexity index is 2000. The van der Waals surface area contributed by atoms with Crippen LogP contribution >= 0.6 is 0 Å². The number of hydrogen-bond donors (Lipinski definition) is 7. The predicted octanol–water partition coefficient (Wildman–Crippen LogP) is -7.01. The van der Waals surface area contributed by atoms with Gasteiger partial charge in [0.25, 0.3) is 0 Å². The molecule has 0 aliphatic carbocycles. The molecule has 1 fully saturated rings. The Morgan fingerprint density at radius 1 is 0.467 bits per heavy atom. The fourth-order valence-electron chi connectivity index (χ4n) is 7.32. The van der Waals surface area contributed by atoms with E-state index in [-0.39, 0.29) is 104 Å². The number of unbranched alkanes of at least 4 members (excludes halogenated alkanes) is 1. The summed E-state index contributed by atoms with van der Waals surface area (Å²) in [6.07, 6.45) is 0.801. The quantitative estimate of drug-likeness (QED) is 0.0342. The summed E-state index contributed by atoms with van der Waals surface area (Å²) in [5.74, 6) is -9.24. The molecule has 1 heterocycles. The molecule has 0 radical (unpaired) electrons. The van der Waals surface area contributed by atoms with Crippen molar-refractivity contribution in [2.75, 3.05) is 167 Å². The molecule has 0 aromatic rings. The van der Waals surface area contributed by atoms with Crippen LogP contribution in [-0.2, 0) is 62.3 Å². The molecule has 0 aromatic carbocycles. The Kier molecular flexibility index (Phi) is 29.6. The van der Waals surface area contributed by atoms with E-state index < -0.39 is 116 Å². The monoisotopic (exact) mass is 1070 g/mol. The molecule has 0 spiro atoms. The van der Waals surface area contributed by atoms with Gasteiger partial charge < -0.3 is 66.4 Å². The normalized spacial score (nSPS) is 14.8. The van der Waals surface area contributed by atoms with Crippen molar-refractivity contribution in [2.24, 2.45) is 5.73 Å². The highest BCUT2D eigenvalue weighted by atomic mass is 16.4. The number of carboxylic acid groups (broad SMARTS) is 3. The zero-order chi connectivity index (χ0) is 57.1. The summed E-state index contributed by atoms with van der Waals surface area (Å²) in [6.45, 7) is 1.03. The second kappa shape index (κ2) is 33.7. The largest absolute Gasteiger partial charge is 0.480 e. The van der Waals surface area contributed by atoms with Crippen molar-refractivity contribution in [1.82, 2.24) is 64.9 Å². The number of nitrogens with one attached hydrogen (secondary N) is 3. The van der Waals surface area contributed by atoms with Gasteiger partial charge in [0.2, 0.25) is 59.1 Å². The Labute approximate surface area is 436 Å². The van der Waals surface area contributed by atoms with E-state index in [0.717, 1.165) is 29.4 Å². The second-order valence-corrected chi connectivity index (χ2v) is 18.5. The van der Waals surface area contributed by atoms with Gasteiger partial charge in [-0.2, -0.15) is 0 Å². The Balaban J connectivity index is 2.63. The highest BCUT2D eigenvalue weighted by Crippen LogP contribution is 2.05. The van der Waals surface area contributed by atoms with Crippen molar-refractivity contribution < 1.29 is 77.6 Å². The lowest BCUT2D eigenvalue weighted by molar-refractivity contribution is -0.145. The van der Waals surface area contributed by atoms with E-state index >= 15 is 0 Å². The molecular weight excluding hydrogens is 993 g/mol. The maximum atomic E-state index is 13.0. The number of primary amides is 1. The first-order chi connectivity index (χ1) is 35.0. The van der Waals surface area contributed by atoms with Gasteiger partial charge in [0.1, 0.15) is 12.1 Å². The van der Waals surface area contributed by atoms with Crippen LogP contribution < -0.4 is 21.7 Å². The molecule has 1 aliphatic heterocycles. The van der Waals surface area contributed by atoms with Crippen LogP contribution in [0.5, 0.6) is 0 Å². The molecular formula is C45H78N14O16. The topological polar surface area (TPSA) is 377 Å². The minimum Gasteiger partial charge on any atom is -0.480 e. The number of likely N-dealkylation sites (N-methyl/N-ethyl adjacent to an activating group) is 6. The molecule has 0 unspecified atom stereocenters. The fraction of sp³-hybridized carbons (Fsp3) is 0.711. The van der Waals surface area contributed by atoms with Gasteiger partial charge >= 0.3 is 17.9 Å². The highest BCUT2D eigenvalue weighted by molar-refractivity contribution is 5.94. The minimum absolute atomic E-state index is 0.0943. The summed E-state index contributed by atoms with van der Waals surface area (Å²) in [5, 5.41) is 36.0. The number of carboxylic acids is 3. The molecule has 1 aliphatic rings. The minimum atomic E-state index is -1.12. The van der Waals surface area contributed by atoms with Gasteiger partial charge in [-0.3, -0.25) is 81.9 Å². The first-order valence-corrected chi connectivity index (χ1v) is 24.1. The van der Waals surface area contributed by atoms with Crippen LogP contribution in [-0.4, -0.2) is 320 Å². The fourth-order valence-corrected chi connectivity index (χ4v) is 7.32. The standard InChI is InChI=1S/C45H78N14O16/c1-31(48-32(2)60)45(75)55(8)27-40(67)54(7)26-39(66)53(6)25-38(65)52(5)24-37(64)51(4)23-36(63)50(3)21-35(62)49-33(44(46)74)11-9-10-12-47-34(61)22-56-13-15-57(28-41(68)69)17-19-59(30-43(72)73)20-18-58(16-14-56)29-42(70)71/h31,33H,9-30H2,1-8H3,(H2,46,74)(H,47,61)(H,48,60)(H,49,62)(H,68,69)(H,70,71)(H,72,73)/t31-,33+/m1/s1. The summed E-state index contributed by atoms with van der Waals surface area (Å²) in [6, 6.07) is -1.99. The third-order valence-electron chi connectivity index (χ3n) is 11.8. The smallest absolute Gasteiger partial charge is 0.317 e. The summed E-state index contributed by atoms with van der Waals surface area (Å²) < 4.78 is 0. The van der Waals surface area contributed by atoms with Crippen LogP contribution in [0.1, 0.15) is 33.1 Å². The first-order valence-electron chi connectivity index (χ1n) is 24.1. The lowest BCUT2D eigenvalue weighted by Crippen LogP contribution is -2.50. The highest BCUT2D eigenvalue weighted by Gasteiger charge is 2.27. The van der Waals surface area contributed by atoms with Gasteiger partial charge in [0.05, 0.1) is 65.4 Å². The van der Waals surface area contributed by atoms with Crippen LogP contribution in [0.15, 0.2) is 0 Å². The maximum Gasteiger partial charge on any atom is 0.317 e. The van der Waals surface area contributed by atoms with Crippen LogP contribution in [0.25, 0.3) is 0 Å². The second-order valence-electron chi connectivity index (χ2n) is 18.5. The molecule has 8 N–H and O–H groups in total. The van der Waals surface area contributed by atoms with Gasteiger partial charge in [0, 0.05) is 108 Å². The Hall–Kier alpha value is -7.05. The van der Waals surface area contributed by atoms with Crippen molar-refractivity contribution in [3.63, 3.8) is 0 Å². The molecule has 30 nitrogen and oxygen atoms in total. The SMILES string of the molecule is CC(=O)N[C@H](C)C(=O)N(C)CC(=O)N(C)CC(=O)N(C)CC(=O)N(C)CC(=O)N(C)CC(=O)N(C)CC(=O)N[C@@H](CCCCNC(=O)CN1CCN(CC(=O)O)CCN(CC(=O)O)CCN(CC(=O)O)CC1)C(N)=O. The van der Waals surface area contributed by atoms with E-state index in [2.05, 4.69) is 16.0 Å². The number of rotatable bonds is 29. The zero-order valence-corrected chi connectivity index (χ0v) is 44.4. The summed E-state index contributed by atoms with van der Waals surface area (Å²) >= 11 is 0. The maximum absolute atomic E-state index is 13.0. The van der Waals surface area contributed by atoms with Crippen molar-refractivity contribution >= 4 is 77.0 Å². The number of nitrogens with two attached hydrogens (primary N) is 1. The number of amides is 10. The van der Waals surface area contributed by atoms with Crippen LogP contribution in [0, 0.1) is 0 Å². The third-order valence-corrected chi connectivity index (χ3v) is 11.8. The molecule has 30 heteroatoms. The van der Waals surface area contributed by atoms with Crippen LogP contribution in [0.2, 0.25) is 0 Å². The van der Waals surface area contributed by atoms with Crippen molar-refractivity contribution in [3.8, 4) is 0 Å². The summed E-state index contributed by atoms with van der Waals surface area (Å²) in [5.41, 5.74) is 5.54. The number of aliphatic carboxylic acids is 3. The van der Waals surface area contributed by atoms with Gasteiger partial charge in [-0.15, -0.1) is 0 Å². The van der Waals surface area contributed by atoms with Crippen molar-refractivity contribution in [3.05, 3.63) is 0 Å². The van der Waals surface area contributed by atoms with Crippen LogP contribution in [0.4, 0.5) is 0 Å². The van der Waals surface area contributed by atoms with E-state index in [1.807, 2.05) is 0 Å². The van der Waals surface area contributed by atoms with E-state index in [1.165, 1.54) is 56.1 Å². The number of nitrogens with zero attached hydrogens (tertiary/aromatic N) is 10. The molecule has 1 saturated heterocycles. The van der Waals surface area contributed by atoms with E-state index in [1.54, 1.807) is 19.6 Å². The van der Waals surface area contributed by atoms with Gasteiger partial charge in [-0.1, -0.05) is 0 Å². The van der Waals surface area contributed by atoms with Crippen molar-refractivity contribution in [1.29, 1.82) is 0 Å². The molecule has 75 heavy (non-hydrogen) atoms.